The lowest BCUT2D eigenvalue weighted by atomic mass is 10.2. The zero-order valence-electron chi connectivity index (χ0n) is 13.4. The molecule has 0 unspecified atom stereocenters. The number of carbonyl (C=O) groups is 1. The molecule has 8 heteroatoms. The molecule has 3 rings (SSSR count). The largest absolute Gasteiger partial charge is 0.497 e. The van der Waals surface area contributed by atoms with E-state index in [1.54, 1.807) is 30.3 Å². The lowest BCUT2D eigenvalue weighted by molar-refractivity contribution is -0.384. The predicted molar refractivity (Wildman–Crippen MR) is 96.0 cm³/mol. The van der Waals surface area contributed by atoms with Gasteiger partial charge in [0, 0.05) is 46.1 Å². The topological polar surface area (TPSA) is 90.7 Å². The number of benzene rings is 2. The Balaban J connectivity index is 1.88. The third-order valence-electron chi connectivity index (χ3n) is 3.54. The smallest absolute Gasteiger partial charge is 0.270 e. The number of methoxy groups -OCH3 is 2. The maximum atomic E-state index is 12.5. The van der Waals surface area contributed by atoms with Crippen molar-refractivity contribution in [2.45, 2.75) is 0 Å². The first-order chi connectivity index (χ1) is 12.0. The second kappa shape index (κ2) is 6.78. The van der Waals surface area contributed by atoms with Crippen molar-refractivity contribution in [2.24, 2.45) is 0 Å². The third kappa shape index (κ3) is 3.53. The summed E-state index contributed by atoms with van der Waals surface area (Å²) in [6.45, 7) is 0. The number of ether oxygens (including phenoxy) is 2. The van der Waals surface area contributed by atoms with Crippen LogP contribution in [0.1, 0.15) is 9.67 Å². The van der Waals surface area contributed by atoms with Crippen LogP contribution >= 0.6 is 11.3 Å². The van der Waals surface area contributed by atoms with Crippen molar-refractivity contribution < 1.29 is 19.2 Å². The second-order valence-corrected chi connectivity index (χ2v) is 6.23. The predicted octanol–water partition coefficient (Wildman–Crippen LogP) is 4.08. The van der Waals surface area contributed by atoms with Crippen LogP contribution in [0.25, 0.3) is 10.1 Å². The molecule has 7 nitrogen and oxygen atoms in total. The molecule has 1 aromatic heterocycles. The van der Waals surface area contributed by atoms with Crippen molar-refractivity contribution in [2.75, 3.05) is 19.5 Å². The van der Waals surface area contributed by atoms with Crippen LogP contribution in [-0.2, 0) is 0 Å². The number of fused-ring (bicyclic) bond motifs is 1. The molecule has 25 heavy (non-hydrogen) atoms. The van der Waals surface area contributed by atoms with E-state index in [1.165, 1.54) is 37.7 Å². The Morgan fingerprint density at radius 1 is 1.08 bits per heavy atom. The van der Waals surface area contributed by atoms with Crippen molar-refractivity contribution in [3.8, 4) is 11.5 Å². The maximum absolute atomic E-state index is 12.5. The fourth-order valence-corrected chi connectivity index (χ4v) is 3.27. The Labute approximate surface area is 146 Å². The summed E-state index contributed by atoms with van der Waals surface area (Å²) in [5.41, 5.74) is 0.527. The Morgan fingerprint density at radius 3 is 2.36 bits per heavy atom. The third-order valence-corrected chi connectivity index (χ3v) is 4.66. The molecule has 3 aromatic rings. The van der Waals surface area contributed by atoms with Gasteiger partial charge in [0.2, 0.25) is 0 Å². The highest BCUT2D eigenvalue weighted by atomic mass is 32.1. The molecule has 128 valence electrons. The van der Waals surface area contributed by atoms with Crippen LogP contribution in [-0.4, -0.2) is 25.1 Å². The van der Waals surface area contributed by atoms with Crippen LogP contribution in [0, 0.1) is 10.1 Å². The number of nitro groups is 1. The summed E-state index contributed by atoms with van der Waals surface area (Å²) < 4.78 is 11.2. The van der Waals surface area contributed by atoms with Gasteiger partial charge in [0.25, 0.3) is 11.6 Å². The summed E-state index contributed by atoms with van der Waals surface area (Å²) in [7, 11) is 3.05. The van der Waals surface area contributed by atoms with Gasteiger partial charge >= 0.3 is 0 Å². The summed E-state index contributed by atoms with van der Waals surface area (Å²) >= 11 is 1.27. The second-order valence-electron chi connectivity index (χ2n) is 5.15. The average Bonchev–Trinajstić information content (AvgIpc) is 3.04. The Bertz CT molecular complexity index is 945. The van der Waals surface area contributed by atoms with Gasteiger partial charge in [0.1, 0.15) is 11.5 Å². The average molecular weight is 358 g/mol. The number of nitro benzene ring substituents is 1. The summed E-state index contributed by atoms with van der Waals surface area (Å²) in [6.07, 6.45) is 0. The van der Waals surface area contributed by atoms with Crippen molar-refractivity contribution >= 4 is 38.7 Å². The molecule has 0 atom stereocenters. The van der Waals surface area contributed by atoms with Crippen LogP contribution in [0.2, 0.25) is 0 Å². The van der Waals surface area contributed by atoms with Crippen molar-refractivity contribution in [1.82, 2.24) is 0 Å². The summed E-state index contributed by atoms with van der Waals surface area (Å²) in [6, 6.07) is 11.2. The van der Waals surface area contributed by atoms with Gasteiger partial charge in [-0.2, -0.15) is 0 Å². The molecule has 0 aliphatic carbocycles. The van der Waals surface area contributed by atoms with Crippen molar-refractivity contribution in [3.63, 3.8) is 0 Å². The number of thiophene rings is 1. The van der Waals surface area contributed by atoms with E-state index in [0.717, 1.165) is 4.70 Å². The van der Waals surface area contributed by atoms with E-state index in [9.17, 15) is 14.9 Å². The standard InChI is InChI=1S/C17H14N2O5S/c1-23-13-7-11(8-14(9-13)24-2)18-17(20)16-6-10-5-12(19(21)22)3-4-15(10)25-16/h3-9H,1-2H3,(H,18,20). The lowest BCUT2D eigenvalue weighted by Gasteiger charge is -2.09. The molecule has 1 amide bonds. The van der Waals surface area contributed by atoms with E-state index < -0.39 is 4.92 Å². The molecule has 1 heterocycles. The number of anilines is 1. The molecular formula is C17H14N2O5S. The minimum Gasteiger partial charge on any atom is -0.497 e. The van der Waals surface area contributed by atoms with E-state index in [0.29, 0.717) is 27.4 Å². The molecular weight excluding hydrogens is 344 g/mol. The first kappa shape index (κ1) is 16.7. The monoisotopic (exact) mass is 358 g/mol. The lowest BCUT2D eigenvalue weighted by Crippen LogP contribution is -2.10. The Kier molecular flexibility index (Phi) is 4.53. The molecule has 1 N–H and O–H groups in total. The van der Waals surface area contributed by atoms with Gasteiger partial charge in [-0.15, -0.1) is 11.3 Å². The summed E-state index contributed by atoms with van der Waals surface area (Å²) in [4.78, 5) is 23.3. The molecule has 0 bridgehead atoms. The van der Waals surface area contributed by atoms with Gasteiger partial charge < -0.3 is 14.8 Å². The van der Waals surface area contributed by atoms with Crippen LogP contribution in [0.5, 0.6) is 11.5 Å². The fourth-order valence-electron chi connectivity index (χ4n) is 2.33. The fraction of sp³-hybridized carbons (Fsp3) is 0.118. The molecule has 0 saturated carbocycles. The van der Waals surface area contributed by atoms with Crippen molar-refractivity contribution in [1.29, 1.82) is 0 Å². The van der Waals surface area contributed by atoms with Gasteiger partial charge in [-0.05, 0) is 12.1 Å². The summed E-state index contributed by atoms with van der Waals surface area (Å²) in [5.74, 6) is 0.808. The van der Waals surface area contributed by atoms with E-state index in [2.05, 4.69) is 5.32 Å². The number of amides is 1. The van der Waals surface area contributed by atoms with E-state index in [4.69, 9.17) is 9.47 Å². The highest BCUT2D eigenvalue weighted by Gasteiger charge is 2.14. The van der Waals surface area contributed by atoms with Crippen LogP contribution < -0.4 is 14.8 Å². The molecule has 2 aromatic carbocycles. The van der Waals surface area contributed by atoms with E-state index in [1.807, 2.05) is 0 Å². The van der Waals surface area contributed by atoms with Gasteiger partial charge in [0.15, 0.2) is 0 Å². The van der Waals surface area contributed by atoms with Crippen molar-refractivity contribution in [3.05, 3.63) is 57.5 Å². The first-order valence-electron chi connectivity index (χ1n) is 7.22. The quantitative estimate of drug-likeness (QED) is 0.548. The number of rotatable bonds is 5. The normalized spacial score (nSPS) is 10.5. The van der Waals surface area contributed by atoms with Crippen LogP contribution in [0.3, 0.4) is 0 Å². The number of non-ortho nitro benzene ring substituents is 1. The zero-order valence-corrected chi connectivity index (χ0v) is 14.3. The molecule has 0 saturated heterocycles. The van der Waals surface area contributed by atoms with Gasteiger partial charge in [-0.25, -0.2) is 0 Å². The molecule has 0 aliphatic heterocycles. The van der Waals surface area contributed by atoms with Gasteiger partial charge in [-0.3, -0.25) is 14.9 Å². The van der Waals surface area contributed by atoms with E-state index in [-0.39, 0.29) is 11.6 Å². The molecule has 0 fully saturated rings. The van der Waals surface area contributed by atoms with Gasteiger partial charge in [-0.1, -0.05) is 0 Å². The maximum Gasteiger partial charge on any atom is 0.270 e. The number of nitrogens with zero attached hydrogens (tertiary/aromatic N) is 1. The SMILES string of the molecule is COc1cc(NC(=O)c2cc3cc([N+](=O)[O-])ccc3s2)cc(OC)c1. The number of hydrogen-bond acceptors (Lipinski definition) is 6. The minimum absolute atomic E-state index is 0.00482. The highest BCUT2D eigenvalue weighted by molar-refractivity contribution is 7.20. The number of carbonyl (C=O) groups excluding carboxylic acids is 1. The molecule has 0 spiro atoms. The minimum atomic E-state index is -0.459. The zero-order chi connectivity index (χ0) is 18.0. The number of hydrogen-bond donors (Lipinski definition) is 1. The summed E-state index contributed by atoms with van der Waals surface area (Å²) in [5, 5.41) is 14.3. The van der Waals surface area contributed by atoms with Crippen LogP contribution in [0.15, 0.2) is 42.5 Å². The Hall–Kier alpha value is -3.13. The number of nitrogens with one attached hydrogen (secondary N) is 1. The Morgan fingerprint density at radius 2 is 1.76 bits per heavy atom. The molecule has 0 aliphatic rings. The van der Waals surface area contributed by atoms with E-state index >= 15 is 0 Å². The van der Waals surface area contributed by atoms with Gasteiger partial charge in [0.05, 0.1) is 24.0 Å². The van der Waals surface area contributed by atoms with Crippen LogP contribution in [0.4, 0.5) is 11.4 Å². The highest BCUT2D eigenvalue weighted by Crippen LogP contribution is 2.30. The molecule has 0 radical (unpaired) electrons. The first-order valence-corrected chi connectivity index (χ1v) is 8.04.